The molecule has 1 saturated heterocycles. The van der Waals surface area contributed by atoms with Gasteiger partial charge in [-0.1, -0.05) is 39.5 Å². The molecule has 19 heavy (non-hydrogen) atoms. The molecule has 112 valence electrons. The van der Waals surface area contributed by atoms with E-state index in [2.05, 4.69) is 19.2 Å². The summed E-state index contributed by atoms with van der Waals surface area (Å²) in [6, 6.07) is 0. The normalized spacial score (nSPS) is 16.1. The molecule has 1 heterocycles. The van der Waals surface area contributed by atoms with Gasteiger partial charge in [-0.3, -0.25) is 4.79 Å². The Morgan fingerprint density at radius 1 is 1.16 bits per heavy atom. The first kappa shape index (κ1) is 16.4. The van der Waals surface area contributed by atoms with Gasteiger partial charge in [0, 0.05) is 13.1 Å². The van der Waals surface area contributed by atoms with Gasteiger partial charge in [0.1, 0.15) is 0 Å². The minimum absolute atomic E-state index is 0.211. The van der Waals surface area contributed by atoms with Crippen LogP contribution in [-0.4, -0.2) is 50.2 Å². The van der Waals surface area contributed by atoms with Crippen molar-refractivity contribution in [1.29, 1.82) is 0 Å². The van der Waals surface area contributed by atoms with Gasteiger partial charge >= 0.3 is 0 Å². The monoisotopic (exact) mass is 270 g/mol. The molecule has 4 heteroatoms. The van der Waals surface area contributed by atoms with Gasteiger partial charge in [-0.25, -0.2) is 0 Å². The van der Waals surface area contributed by atoms with Gasteiger partial charge < -0.3 is 15.0 Å². The molecule has 0 spiro atoms. The number of rotatable bonds is 9. The summed E-state index contributed by atoms with van der Waals surface area (Å²) >= 11 is 0. The number of carbonyl (C=O) groups is 1. The van der Waals surface area contributed by atoms with Crippen LogP contribution in [0.4, 0.5) is 0 Å². The van der Waals surface area contributed by atoms with Crippen LogP contribution in [0.1, 0.15) is 46.0 Å². The molecule has 0 bridgehead atoms. The Morgan fingerprint density at radius 2 is 1.84 bits per heavy atom. The number of nitrogens with zero attached hydrogens (tertiary/aromatic N) is 1. The third-order valence-electron chi connectivity index (χ3n) is 3.53. The molecule has 1 rings (SSSR count). The fourth-order valence-electron chi connectivity index (χ4n) is 2.28. The molecule has 0 aliphatic carbocycles. The van der Waals surface area contributed by atoms with E-state index in [1.165, 1.54) is 32.1 Å². The molecule has 1 aliphatic rings. The van der Waals surface area contributed by atoms with Crippen molar-refractivity contribution in [3.63, 3.8) is 0 Å². The van der Waals surface area contributed by atoms with Gasteiger partial charge in [0.05, 0.1) is 19.8 Å². The molecule has 0 aromatic heterocycles. The van der Waals surface area contributed by atoms with E-state index in [-0.39, 0.29) is 5.91 Å². The Morgan fingerprint density at radius 3 is 2.53 bits per heavy atom. The number of amides is 1. The standard InChI is InChI=1S/C15H30N2O2/c1-14(2)7-5-3-4-6-8-16-13-15(18)17-9-11-19-12-10-17/h14,16H,3-13H2,1-2H3. The summed E-state index contributed by atoms with van der Waals surface area (Å²) in [5.41, 5.74) is 0. The molecule has 0 unspecified atom stereocenters. The molecule has 1 fully saturated rings. The van der Waals surface area contributed by atoms with Gasteiger partial charge in [0.2, 0.25) is 5.91 Å². The molecule has 1 N–H and O–H groups in total. The summed E-state index contributed by atoms with van der Waals surface area (Å²) in [6.07, 6.45) is 6.44. The summed E-state index contributed by atoms with van der Waals surface area (Å²) in [6.45, 7) is 8.84. The number of ether oxygens (including phenoxy) is 1. The van der Waals surface area contributed by atoms with Crippen molar-refractivity contribution in [2.45, 2.75) is 46.0 Å². The van der Waals surface area contributed by atoms with Crippen molar-refractivity contribution < 1.29 is 9.53 Å². The van der Waals surface area contributed by atoms with Crippen LogP contribution in [0.15, 0.2) is 0 Å². The molecule has 1 aliphatic heterocycles. The number of morpholine rings is 1. The van der Waals surface area contributed by atoms with Crippen LogP contribution in [0.25, 0.3) is 0 Å². The lowest BCUT2D eigenvalue weighted by molar-refractivity contribution is -0.134. The highest BCUT2D eigenvalue weighted by Crippen LogP contribution is 2.08. The molecule has 0 atom stereocenters. The van der Waals surface area contributed by atoms with Gasteiger partial charge in [-0.05, 0) is 18.9 Å². The van der Waals surface area contributed by atoms with E-state index in [4.69, 9.17) is 4.74 Å². The molecular formula is C15H30N2O2. The third-order valence-corrected chi connectivity index (χ3v) is 3.53. The second kappa shape index (κ2) is 10.2. The minimum Gasteiger partial charge on any atom is -0.378 e. The van der Waals surface area contributed by atoms with Gasteiger partial charge in [-0.15, -0.1) is 0 Å². The van der Waals surface area contributed by atoms with Crippen molar-refractivity contribution in [3.05, 3.63) is 0 Å². The van der Waals surface area contributed by atoms with Crippen LogP contribution in [0, 0.1) is 5.92 Å². The van der Waals surface area contributed by atoms with E-state index in [9.17, 15) is 4.79 Å². The fourth-order valence-corrected chi connectivity index (χ4v) is 2.28. The molecule has 0 aromatic carbocycles. The highest BCUT2D eigenvalue weighted by Gasteiger charge is 2.15. The highest BCUT2D eigenvalue weighted by molar-refractivity contribution is 5.78. The second-order valence-corrected chi connectivity index (χ2v) is 5.77. The maximum atomic E-state index is 11.8. The summed E-state index contributed by atoms with van der Waals surface area (Å²) in [7, 11) is 0. The Kier molecular flexibility index (Phi) is 8.84. The van der Waals surface area contributed by atoms with Crippen LogP contribution in [-0.2, 0) is 9.53 Å². The van der Waals surface area contributed by atoms with Gasteiger partial charge in [-0.2, -0.15) is 0 Å². The maximum absolute atomic E-state index is 11.8. The van der Waals surface area contributed by atoms with Crippen molar-refractivity contribution in [1.82, 2.24) is 10.2 Å². The van der Waals surface area contributed by atoms with Gasteiger partial charge in [0.25, 0.3) is 0 Å². The zero-order valence-electron chi connectivity index (χ0n) is 12.6. The fraction of sp³-hybridized carbons (Fsp3) is 0.933. The van der Waals surface area contributed by atoms with Gasteiger partial charge in [0.15, 0.2) is 0 Å². The van der Waals surface area contributed by atoms with E-state index < -0.39 is 0 Å². The lowest BCUT2D eigenvalue weighted by Gasteiger charge is -2.26. The number of unbranched alkanes of at least 4 members (excludes halogenated alkanes) is 3. The largest absolute Gasteiger partial charge is 0.378 e. The molecular weight excluding hydrogens is 240 g/mol. The number of hydrogen-bond acceptors (Lipinski definition) is 3. The van der Waals surface area contributed by atoms with Crippen LogP contribution in [0.5, 0.6) is 0 Å². The lowest BCUT2D eigenvalue weighted by Crippen LogP contribution is -2.44. The van der Waals surface area contributed by atoms with E-state index in [0.717, 1.165) is 25.6 Å². The second-order valence-electron chi connectivity index (χ2n) is 5.77. The summed E-state index contributed by atoms with van der Waals surface area (Å²) in [5.74, 6) is 1.03. The van der Waals surface area contributed by atoms with E-state index in [1.54, 1.807) is 0 Å². The van der Waals surface area contributed by atoms with Crippen molar-refractivity contribution in [3.8, 4) is 0 Å². The van der Waals surface area contributed by atoms with Crippen LogP contribution in [0.3, 0.4) is 0 Å². The summed E-state index contributed by atoms with van der Waals surface area (Å²) in [5, 5.41) is 3.25. The Balaban J connectivity index is 1.88. The van der Waals surface area contributed by atoms with Crippen molar-refractivity contribution >= 4 is 5.91 Å². The maximum Gasteiger partial charge on any atom is 0.236 e. The minimum atomic E-state index is 0.211. The molecule has 1 amide bonds. The SMILES string of the molecule is CC(C)CCCCCCNCC(=O)N1CCOCC1. The number of nitrogens with one attached hydrogen (secondary N) is 1. The van der Waals surface area contributed by atoms with Crippen LogP contribution < -0.4 is 5.32 Å². The number of hydrogen-bond donors (Lipinski definition) is 1. The first-order valence-electron chi connectivity index (χ1n) is 7.76. The zero-order valence-corrected chi connectivity index (χ0v) is 12.6. The zero-order chi connectivity index (χ0) is 13.9. The van der Waals surface area contributed by atoms with Crippen molar-refractivity contribution in [2.75, 3.05) is 39.4 Å². The number of carbonyl (C=O) groups excluding carboxylic acids is 1. The topological polar surface area (TPSA) is 41.6 Å². The third kappa shape index (κ3) is 8.22. The Labute approximate surface area is 117 Å². The average molecular weight is 270 g/mol. The van der Waals surface area contributed by atoms with Crippen LogP contribution in [0.2, 0.25) is 0 Å². The Hall–Kier alpha value is -0.610. The predicted molar refractivity (Wildman–Crippen MR) is 78.2 cm³/mol. The quantitative estimate of drug-likeness (QED) is 0.652. The summed E-state index contributed by atoms with van der Waals surface area (Å²) in [4.78, 5) is 13.7. The predicted octanol–water partition coefficient (Wildman–Crippen LogP) is 2.04. The molecule has 0 radical (unpaired) electrons. The Bertz CT molecular complexity index is 238. The highest BCUT2D eigenvalue weighted by atomic mass is 16.5. The molecule has 0 saturated carbocycles. The molecule has 4 nitrogen and oxygen atoms in total. The summed E-state index contributed by atoms with van der Waals surface area (Å²) < 4.78 is 5.23. The smallest absolute Gasteiger partial charge is 0.236 e. The van der Waals surface area contributed by atoms with E-state index in [1.807, 2.05) is 4.90 Å². The first-order chi connectivity index (χ1) is 9.20. The molecule has 0 aromatic rings. The van der Waals surface area contributed by atoms with E-state index in [0.29, 0.717) is 19.8 Å². The van der Waals surface area contributed by atoms with E-state index >= 15 is 0 Å². The first-order valence-corrected chi connectivity index (χ1v) is 7.76. The van der Waals surface area contributed by atoms with Crippen LogP contribution >= 0.6 is 0 Å². The van der Waals surface area contributed by atoms with Crippen molar-refractivity contribution in [2.24, 2.45) is 5.92 Å². The average Bonchev–Trinajstić information content (AvgIpc) is 2.42. The lowest BCUT2D eigenvalue weighted by atomic mass is 10.0.